The van der Waals surface area contributed by atoms with Gasteiger partial charge in [0.1, 0.15) is 5.75 Å². The van der Waals surface area contributed by atoms with Crippen LogP contribution < -0.4 is 20.0 Å². The zero-order chi connectivity index (χ0) is 24.3. The summed E-state index contributed by atoms with van der Waals surface area (Å²) in [5.41, 5.74) is 2.56. The van der Waals surface area contributed by atoms with Gasteiger partial charge in [0, 0.05) is 38.2 Å². The summed E-state index contributed by atoms with van der Waals surface area (Å²) < 4.78 is 16.8. The van der Waals surface area contributed by atoms with E-state index in [9.17, 15) is 4.79 Å². The first kappa shape index (κ1) is 25.1. The monoisotopic (exact) mass is 486 g/mol. The largest absolute Gasteiger partial charge is 0.494 e. The Morgan fingerprint density at radius 1 is 0.857 bits per heavy atom. The molecule has 2 aromatic rings. The van der Waals surface area contributed by atoms with Gasteiger partial charge in [-0.25, -0.2) is 5.48 Å². The molecule has 0 aliphatic carbocycles. The summed E-state index contributed by atoms with van der Waals surface area (Å²) in [5.74, 6) is 2.45. The van der Waals surface area contributed by atoms with Crippen molar-refractivity contribution < 1.29 is 24.2 Å². The molecule has 4 rings (SSSR count). The standard InChI is InChI=1S/C24H34N6O5/c31-21(28-32)5-3-1-2-4-14-35-20-8-6-19(7-9-20)22-25-23(29-10-15-33-16-11-29)27-24(26-22)30-12-17-34-18-13-30/h6-9,32H,1-5,10-18H2,(H,28,31). The lowest BCUT2D eigenvalue weighted by Crippen LogP contribution is -2.40. The van der Waals surface area contributed by atoms with Crippen LogP contribution in [0.1, 0.15) is 32.1 Å². The van der Waals surface area contributed by atoms with Gasteiger partial charge in [-0.15, -0.1) is 0 Å². The van der Waals surface area contributed by atoms with E-state index in [4.69, 9.17) is 34.4 Å². The molecule has 1 aromatic heterocycles. The van der Waals surface area contributed by atoms with Crippen molar-refractivity contribution in [2.75, 3.05) is 69.0 Å². The van der Waals surface area contributed by atoms with Gasteiger partial charge >= 0.3 is 0 Å². The van der Waals surface area contributed by atoms with Gasteiger partial charge in [0.15, 0.2) is 5.82 Å². The third-order valence-electron chi connectivity index (χ3n) is 6.00. The number of carbonyl (C=O) groups excluding carboxylic acids is 1. The van der Waals surface area contributed by atoms with Gasteiger partial charge in [0.05, 0.1) is 33.0 Å². The van der Waals surface area contributed by atoms with Crippen LogP contribution in [0, 0.1) is 0 Å². The van der Waals surface area contributed by atoms with E-state index in [1.807, 2.05) is 24.3 Å². The quantitative estimate of drug-likeness (QED) is 0.277. The van der Waals surface area contributed by atoms with Gasteiger partial charge in [0.25, 0.3) is 0 Å². The van der Waals surface area contributed by atoms with Crippen molar-refractivity contribution >= 4 is 17.8 Å². The first-order valence-corrected chi connectivity index (χ1v) is 12.3. The highest BCUT2D eigenvalue weighted by Crippen LogP contribution is 2.24. The molecular formula is C24H34N6O5. The number of hydrogen-bond donors (Lipinski definition) is 2. The molecule has 0 radical (unpaired) electrons. The van der Waals surface area contributed by atoms with Gasteiger partial charge in [0.2, 0.25) is 17.8 Å². The van der Waals surface area contributed by atoms with Gasteiger partial charge in [-0.1, -0.05) is 12.8 Å². The van der Waals surface area contributed by atoms with Gasteiger partial charge in [-0.05, 0) is 37.1 Å². The van der Waals surface area contributed by atoms with Crippen LogP contribution in [-0.4, -0.2) is 85.3 Å². The van der Waals surface area contributed by atoms with Crippen molar-refractivity contribution in [3.05, 3.63) is 24.3 Å². The molecule has 2 N–H and O–H groups in total. The Morgan fingerprint density at radius 2 is 1.43 bits per heavy atom. The number of nitrogens with one attached hydrogen (secondary N) is 1. The molecule has 3 heterocycles. The normalized spacial score (nSPS) is 16.3. The number of aromatic nitrogens is 3. The van der Waals surface area contributed by atoms with Crippen LogP contribution in [0.4, 0.5) is 11.9 Å². The number of benzene rings is 1. The molecule has 0 atom stereocenters. The number of unbranched alkanes of at least 4 members (excludes halogenated alkanes) is 3. The lowest BCUT2D eigenvalue weighted by Gasteiger charge is -2.30. The molecule has 2 saturated heterocycles. The van der Waals surface area contributed by atoms with Crippen LogP contribution >= 0.6 is 0 Å². The van der Waals surface area contributed by atoms with Gasteiger partial charge in [-0.3, -0.25) is 10.0 Å². The Labute approximate surface area is 205 Å². The fourth-order valence-electron chi connectivity index (χ4n) is 3.98. The smallest absolute Gasteiger partial charge is 0.243 e. The molecule has 2 aliphatic heterocycles. The third kappa shape index (κ3) is 7.48. The summed E-state index contributed by atoms with van der Waals surface area (Å²) in [6.45, 7) is 6.30. The molecule has 35 heavy (non-hydrogen) atoms. The van der Waals surface area contributed by atoms with E-state index in [0.717, 1.165) is 63.2 Å². The van der Waals surface area contributed by atoms with E-state index < -0.39 is 0 Å². The average Bonchev–Trinajstić information content (AvgIpc) is 2.93. The number of carbonyl (C=O) groups is 1. The lowest BCUT2D eigenvalue weighted by atomic mass is 10.1. The topological polar surface area (TPSA) is 122 Å². The maximum Gasteiger partial charge on any atom is 0.243 e. The van der Waals surface area contributed by atoms with Crippen molar-refractivity contribution in [3.63, 3.8) is 0 Å². The first-order chi connectivity index (χ1) is 17.2. The highest BCUT2D eigenvalue weighted by Gasteiger charge is 2.21. The van der Waals surface area contributed by atoms with Crippen molar-refractivity contribution in [2.24, 2.45) is 0 Å². The number of hydroxylamine groups is 1. The Bertz CT molecular complexity index is 896. The molecule has 0 bridgehead atoms. The molecule has 0 saturated carbocycles. The summed E-state index contributed by atoms with van der Waals surface area (Å²) in [6, 6.07) is 7.83. The fraction of sp³-hybridized carbons (Fsp3) is 0.583. The Hall–Kier alpha value is -3.02. The number of hydrogen-bond acceptors (Lipinski definition) is 10. The predicted octanol–water partition coefficient (Wildman–Crippen LogP) is 2.05. The van der Waals surface area contributed by atoms with Crippen LogP contribution in [0.3, 0.4) is 0 Å². The maximum atomic E-state index is 11.0. The fourth-order valence-corrected chi connectivity index (χ4v) is 3.98. The highest BCUT2D eigenvalue weighted by atomic mass is 16.5. The second-order valence-corrected chi connectivity index (χ2v) is 8.53. The molecule has 0 spiro atoms. The maximum absolute atomic E-state index is 11.0. The summed E-state index contributed by atoms with van der Waals surface area (Å²) in [4.78, 5) is 29.6. The Balaban J connectivity index is 1.37. The molecule has 0 unspecified atom stereocenters. The van der Waals surface area contributed by atoms with E-state index in [2.05, 4.69) is 9.80 Å². The summed E-state index contributed by atoms with van der Waals surface area (Å²) in [7, 11) is 0. The zero-order valence-corrected chi connectivity index (χ0v) is 20.0. The van der Waals surface area contributed by atoms with E-state index in [1.165, 1.54) is 0 Å². The number of anilines is 2. The highest BCUT2D eigenvalue weighted by molar-refractivity contribution is 5.74. The van der Waals surface area contributed by atoms with Gasteiger partial charge in [-0.2, -0.15) is 15.0 Å². The third-order valence-corrected chi connectivity index (χ3v) is 6.00. The van der Waals surface area contributed by atoms with Crippen molar-refractivity contribution in [1.29, 1.82) is 0 Å². The predicted molar refractivity (Wildman–Crippen MR) is 130 cm³/mol. The van der Waals surface area contributed by atoms with Crippen LogP contribution in [0.5, 0.6) is 5.75 Å². The van der Waals surface area contributed by atoms with Crippen LogP contribution in [0.25, 0.3) is 11.4 Å². The van der Waals surface area contributed by atoms with Crippen LogP contribution in [0.2, 0.25) is 0 Å². The Kier molecular flexibility index (Phi) is 9.44. The van der Waals surface area contributed by atoms with Crippen LogP contribution in [0.15, 0.2) is 24.3 Å². The second-order valence-electron chi connectivity index (χ2n) is 8.53. The minimum atomic E-state index is -0.339. The number of amides is 1. The average molecular weight is 487 g/mol. The number of nitrogens with zero attached hydrogens (tertiary/aromatic N) is 5. The molecule has 190 valence electrons. The second kappa shape index (κ2) is 13.2. The number of ether oxygens (including phenoxy) is 3. The summed E-state index contributed by atoms with van der Waals surface area (Å²) >= 11 is 0. The van der Waals surface area contributed by atoms with E-state index in [0.29, 0.717) is 57.2 Å². The minimum Gasteiger partial charge on any atom is -0.494 e. The summed E-state index contributed by atoms with van der Waals surface area (Å²) in [6.07, 6.45) is 3.90. The number of morpholine rings is 2. The molecule has 2 fully saturated rings. The van der Waals surface area contributed by atoms with E-state index >= 15 is 0 Å². The van der Waals surface area contributed by atoms with Crippen molar-refractivity contribution in [3.8, 4) is 17.1 Å². The lowest BCUT2D eigenvalue weighted by molar-refractivity contribution is -0.129. The first-order valence-electron chi connectivity index (χ1n) is 12.3. The van der Waals surface area contributed by atoms with Crippen molar-refractivity contribution in [2.45, 2.75) is 32.1 Å². The minimum absolute atomic E-state index is 0.339. The molecule has 1 aromatic carbocycles. The SMILES string of the molecule is O=C(CCCCCCOc1ccc(-c2nc(N3CCOCC3)nc(N3CCOCC3)n2)cc1)NO. The Morgan fingerprint density at radius 3 is 2.00 bits per heavy atom. The molecule has 11 heteroatoms. The zero-order valence-electron chi connectivity index (χ0n) is 20.0. The van der Waals surface area contributed by atoms with E-state index in [-0.39, 0.29) is 5.91 Å². The molecular weight excluding hydrogens is 452 g/mol. The molecule has 2 aliphatic rings. The molecule has 11 nitrogen and oxygen atoms in total. The van der Waals surface area contributed by atoms with Crippen LogP contribution in [-0.2, 0) is 14.3 Å². The van der Waals surface area contributed by atoms with Gasteiger partial charge < -0.3 is 24.0 Å². The van der Waals surface area contributed by atoms with E-state index in [1.54, 1.807) is 5.48 Å². The van der Waals surface area contributed by atoms with Crippen molar-refractivity contribution in [1.82, 2.24) is 20.4 Å². The summed E-state index contributed by atoms with van der Waals surface area (Å²) in [5, 5.41) is 8.50. The molecule has 1 amide bonds. The number of rotatable bonds is 11.